The van der Waals surface area contributed by atoms with E-state index in [1.165, 1.54) is 0 Å². The SMILES string of the molecule is C=CCC(C)N(Cc1ccccc1)C(=O)OCc1ccccc1. The van der Waals surface area contributed by atoms with E-state index in [9.17, 15) is 4.79 Å². The summed E-state index contributed by atoms with van der Waals surface area (Å²) in [4.78, 5) is 14.3. The molecule has 0 heterocycles. The van der Waals surface area contributed by atoms with E-state index >= 15 is 0 Å². The van der Waals surface area contributed by atoms with Crippen LogP contribution in [0.4, 0.5) is 4.79 Å². The number of hydrogen-bond acceptors (Lipinski definition) is 2. The quantitative estimate of drug-likeness (QED) is 0.688. The minimum absolute atomic E-state index is 0.0379. The third kappa shape index (κ3) is 5.29. The Morgan fingerprint density at radius 1 is 1.09 bits per heavy atom. The molecule has 0 aliphatic rings. The number of ether oxygens (including phenoxy) is 1. The number of carbonyl (C=O) groups is 1. The molecule has 0 fully saturated rings. The van der Waals surface area contributed by atoms with Gasteiger partial charge in [0.05, 0.1) is 0 Å². The summed E-state index contributed by atoms with van der Waals surface area (Å²) in [7, 11) is 0. The summed E-state index contributed by atoms with van der Waals surface area (Å²) in [5.41, 5.74) is 2.07. The maximum Gasteiger partial charge on any atom is 0.410 e. The molecule has 0 aliphatic carbocycles. The van der Waals surface area contributed by atoms with Gasteiger partial charge in [0.2, 0.25) is 0 Å². The zero-order valence-electron chi connectivity index (χ0n) is 13.5. The summed E-state index contributed by atoms with van der Waals surface area (Å²) in [5, 5.41) is 0. The normalized spacial score (nSPS) is 11.5. The molecule has 2 aromatic rings. The molecule has 1 unspecified atom stereocenters. The van der Waals surface area contributed by atoms with Gasteiger partial charge in [-0.15, -0.1) is 6.58 Å². The highest BCUT2D eigenvalue weighted by molar-refractivity contribution is 5.68. The predicted molar refractivity (Wildman–Crippen MR) is 92.9 cm³/mol. The van der Waals surface area contributed by atoms with Gasteiger partial charge in [0.15, 0.2) is 0 Å². The molecule has 0 aromatic heterocycles. The molecule has 0 N–H and O–H groups in total. The maximum atomic E-state index is 12.5. The first-order valence-corrected chi connectivity index (χ1v) is 7.83. The summed E-state index contributed by atoms with van der Waals surface area (Å²) in [5.74, 6) is 0. The Hall–Kier alpha value is -2.55. The Labute approximate surface area is 138 Å². The lowest BCUT2D eigenvalue weighted by Crippen LogP contribution is -2.38. The topological polar surface area (TPSA) is 29.5 Å². The van der Waals surface area contributed by atoms with E-state index in [1.54, 1.807) is 4.90 Å². The van der Waals surface area contributed by atoms with Crippen molar-refractivity contribution in [2.75, 3.05) is 0 Å². The van der Waals surface area contributed by atoms with Crippen LogP contribution in [0.3, 0.4) is 0 Å². The molecule has 120 valence electrons. The van der Waals surface area contributed by atoms with Crippen LogP contribution >= 0.6 is 0 Å². The van der Waals surface area contributed by atoms with E-state index in [-0.39, 0.29) is 18.7 Å². The third-order valence-electron chi connectivity index (χ3n) is 3.68. The molecule has 0 aliphatic heterocycles. The number of amides is 1. The summed E-state index contributed by atoms with van der Waals surface area (Å²) in [6.45, 7) is 6.59. The molecule has 0 bridgehead atoms. The van der Waals surface area contributed by atoms with Crippen molar-refractivity contribution in [3.05, 3.63) is 84.4 Å². The second kappa shape index (κ2) is 8.79. The van der Waals surface area contributed by atoms with E-state index in [2.05, 4.69) is 6.58 Å². The average Bonchev–Trinajstić information content (AvgIpc) is 2.59. The molecule has 3 heteroatoms. The maximum absolute atomic E-state index is 12.5. The molecule has 1 amide bonds. The minimum atomic E-state index is -0.299. The number of hydrogen-bond donors (Lipinski definition) is 0. The van der Waals surface area contributed by atoms with Gasteiger partial charge in [-0.25, -0.2) is 4.79 Å². The van der Waals surface area contributed by atoms with Gasteiger partial charge >= 0.3 is 6.09 Å². The van der Waals surface area contributed by atoms with Crippen LogP contribution in [-0.4, -0.2) is 17.0 Å². The second-order valence-corrected chi connectivity index (χ2v) is 5.53. The largest absolute Gasteiger partial charge is 0.445 e. The molecule has 2 aromatic carbocycles. The molecule has 1 atom stereocenters. The lowest BCUT2D eigenvalue weighted by molar-refractivity contribution is 0.0804. The number of nitrogens with zero attached hydrogens (tertiary/aromatic N) is 1. The molecular weight excluding hydrogens is 286 g/mol. The fraction of sp³-hybridized carbons (Fsp3) is 0.250. The fourth-order valence-electron chi connectivity index (χ4n) is 2.35. The molecule has 0 saturated heterocycles. The Morgan fingerprint density at radius 2 is 1.65 bits per heavy atom. The van der Waals surface area contributed by atoms with E-state index in [4.69, 9.17) is 4.74 Å². The van der Waals surface area contributed by atoms with E-state index in [0.29, 0.717) is 6.54 Å². The lowest BCUT2D eigenvalue weighted by atomic mass is 10.1. The first-order valence-electron chi connectivity index (χ1n) is 7.83. The second-order valence-electron chi connectivity index (χ2n) is 5.53. The molecule has 0 saturated carbocycles. The molecule has 3 nitrogen and oxygen atoms in total. The lowest BCUT2D eigenvalue weighted by Gasteiger charge is -2.28. The van der Waals surface area contributed by atoms with Gasteiger partial charge in [0.1, 0.15) is 6.61 Å². The van der Waals surface area contributed by atoms with Gasteiger partial charge in [0, 0.05) is 12.6 Å². The van der Waals surface area contributed by atoms with Crippen LogP contribution in [0.15, 0.2) is 73.3 Å². The van der Waals surface area contributed by atoms with Gasteiger partial charge in [-0.3, -0.25) is 0 Å². The summed E-state index contributed by atoms with van der Waals surface area (Å²) >= 11 is 0. The number of benzene rings is 2. The van der Waals surface area contributed by atoms with Crippen LogP contribution in [0.5, 0.6) is 0 Å². The van der Waals surface area contributed by atoms with Crippen molar-refractivity contribution in [2.24, 2.45) is 0 Å². The van der Waals surface area contributed by atoms with Crippen LogP contribution in [0.25, 0.3) is 0 Å². The Morgan fingerprint density at radius 3 is 2.22 bits per heavy atom. The standard InChI is InChI=1S/C20H23NO2/c1-3-10-17(2)21(15-18-11-6-4-7-12-18)20(22)23-16-19-13-8-5-9-14-19/h3-9,11-14,17H,1,10,15-16H2,2H3. The van der Waals surface area contributed by atoms with E-state index < -0.39 is 0 Å². The van der Waals surface area contributed by atoms with Gasteiger partial charge in [-0.2, -0.15) is 0 Å². The number of rotatable bonds is 7. The van der Waals surface area contributed by atoms with Crippen LogP contribution in [0, 0.1) is 0 Å². The van der Waals surface area contributed by atoms with Crippen LogP contribution < -0.4 is 0 Å². The van der Waals surface area contributed by atoms with Crippen molar-refractivity contribution in [2.45, 2.75) is 32.5 Å². The Bertz CT molecular complexity index is 610. The fourth-order valence-corrected chi connectivity index (χ4v) is 2.35. The first-order chi connectivity index (χ1) is 11.2. The summed E-state index contributed by atoms with van der Waals surface area (Å²) in [6.07, 6.45) is 2.26. The predicted octanol–water partition coefficient (Wildman–Crippen LogP) is 4.79. The Kier molecular flexibility index (Phi) is 6.42. The van der Waals surface area contributed by atoms with E-state index in [0.717, 1.165) is 17.5 Å². The van der Waals surface area contributed by atoms with E-state index in [1.807, 2.05) is 73.7 Å². The zero-order chi connectivity index (χ0) is 16.5. The zero-order valence-corrected chi connectivity index (χ0v) is 13.5. The summed E-state index contributed by atoms with van der Waals surface area (Å²) < 4.78 is 5.48. The highest BCUT2D eigenvalue weighted by Gasteiger charge is 2.21. The smallest absolute Gasteiger partial charge is 0.410 e. The Balaban J connectivity index is 2.03. The van der Waals surface area contributed by atoms with Crippen molar-refractivity contribution in [3.63, 3.8) is 0 Å². The summed E-state index contributed by atoms with van der Waals surface area (Å²) in [6, 6.07) is 19.7. The van der Waals surface area contributed by atoms with Crippen LogP contribution in [-0.2, 0) is 17.9 Å². The van der Waals surface area contributed by atoms with Gasteiger partial charge in [-0.1, -0.05) is 66.7 Å². The van der Waals surface area contributed by atoms with Crippen molar-refractivity contribution in [1.29, 1.82) is 0 Å². The monoisotopic (exact) mass is 309 g/mol. The molecule has 2 rings (SSSR count). The van der Waals surface area contributed by atoms with Gasteiger partial charge in [0.25, 0.3) is 0 Å². The molecular formula is C20H23NO2. The van der Waals surface area contributed by atoms with Crippen LogP contribution in [0.2, 0.25) is 0 Å². The average molecular weight is 309 g/mol. The van der Waals surface area contributed by atoms with Gasteiger partial charge in [-0.05, 0) is 24.5 Å². The first kappa shape index (κ1) is 16.8. The van der Waals surface area contributed by atoms with Crippen molar-refractivity contribution >= 4 is 6.09 Å². The van der Waals surface area contributed by atoms with Crippen molar-refractivity contribution < 1.29 is 9.53 Å². The molecule has 23 heavy (non-hydrogen) atoms. The van der Waals surface area contributed by atoms with Crippen molar-refractivity contribution in [1.82, 2.24) is 4.90 Å². The highest BCUT2D eigenvalue weighted by atomic mass is 16.6. The van der Waals surface area contributed by atoms with Crippen LogP contribution in [0.1, 0.15) is 24.5 Å². The minimum Gasteiger partial charge on any atom is -0.445 e. The molecule has 0 radical (unpaired) electrons. The third-order valence-corrected chi connectivity index (χ3v) is 3.68. The molecule has 0 spiro atoms. The van der Waals surface area contributed by atoms with Crippen molar-refractivity contribution in [3.8, 4) is 0 Å². The van der Waals surface area contributed by atoms with Gasteiger partial charge < -0.3 is 9.64 Å². The highest BCUT2D eigenvalue weighted by Crippen LogP contribution is 2.14. The number of carbonyl (C=O) groups excluding carboxylic acids is 1.